The first kappa shape index (κ1) is 16.7. The van der Waals surface area contributed by atoms with Crippen LogP contribution in [0.4, 0.5) is 5.13 Å². The molecule has 1 amide bonds. The number of nitrogens with one attached hydrogen (secondary N) is 2. The fraction of sp³-hybridized carbons (Fsp3) is 0.118. The number of ether oxygens (including phenoxy) is 2. The number of carbonyl (C=O) groups is 2. The number of amides is 1. The van der Waals surface area contributed by atoms with Crippen molar-refractivity contribution in [1.29, 1.82) is 0 Å². The van der Waals surface area contributed by atoms with Gasteiger partial charge in [-0.2, -0.15) is 0 Å². The largest absolute Gasteiger partial charge is 0.484 e. The molecule has 0 spiro atoms. The van der Waals surface area contributed by atoms with Gasteiger partial charge in [-0.1, -0.05) is 18.2 Å². The number of hydrogen-bond acceptors (Lipinski definition) is 6. The van der Waals surface area contributed by atoms with Crippen LogP contribution in [0, 0.1) is 0 Å². The maximum Gasteiger partial charge on any atom is 0.354 e. The summed E-state index contributed by atoms with van der Waals surface area (Å²) >= 11 is 1.29. The molecule has 0 aliphatic heterocycles. The minimum Gasteiger partial charge on any atom is -0.484 e. The molecule has 0 saturated heterocycles. The third kappa shape index (κ3) is 4.24. The van der Waals surface area contributed by atoms with Crippen LogP contribution >= 0.6 is 11.3 Å². The summed E-state index contributed by atoms with van der Waals surface area (Å²) in [5, 5.41) is 4.93. The van der Waals surface area contributed by atoms with E-state index in [1.807, 2.05) is 18.2 Å². The number of methoxy groups -OCH3 is 1. The molecule has 0 aliphatic rings. The Balaban J connectivity index is 1.58. The van der Waals surface area contributed by atoms with Crippen LogP contribution in [-0.4, -0.2) is 35.6 Å². The first-order valence-electron chi connectivity index (χ1n) is 7.36. The van der Waals surface area contributed by atoms with Crippen molar-refractivity contribution < 1.29 is 19.1 Å². The van der Waals surface area contributed by atoms with Crippen LogP contribution < -0.4 is 10.1 Å². The fourth-order valence-electron chi connectivity index (χ4n) is 2.05. The third-order valence-electron chi connectivity index (χ3n) is 3.25. The molecule has 2 heterocycles. The van der Waals surface area contributed by atoms with E-state index in [2.05, 4.69) is 20.0 Å². The summed E-state index contributed by atoms with van der Waals surface area (Å²) in [5.74, 6) is -0.123. The van der Waals surface area contributed by atoms with Gasteiger partial charge in [0.05, 0.1) is 12.8 Å². The van der Waals surface area contributed by atoms with E-state index in [9.17, 15) is 9.59 Å². The Labute approximate surface area is 147 Å². The van der Waals surface area contributed by atoms with Gasteiger partial charge in [0.1, 0.15) is 11.4 Å². The van der Waals surface area contributed by atoms with Crippen molar-refractivity contribution >= 4 is 28.3 Å². The number of esters is 1. The number of rotatable bonds is 6. The lowest BCUT2D eigenvalue weighted by Gasteiger charge is -2.05. The molecule has 3 rings (SSSR count). The van der Waals surface area contributed by atoms with Crippen LogP contribution in [0.5, 0.6) is 5.75 Å². The highest BCUT2D eigenvalue weighted by molar-refractivity contribution is 7.14. The smallest absolute Gasteiger partial charge is 0.354 e. The lowest BCUT2D eigenvalue weighted by molar-refractivity contribution is -0.118. The van der Waals surface area contributed by atoms with Crippen LogP contribution in [0.2, 0.25) is 0 Å². The number of thiazole rings is 1. The second kappa shape index (κ2) is 7.63. The van der Waals surface area contributed by atoms with Crippen LogP contribution in [0.1, 0.15) is 10.5 Å². The van der Waals surface area contributed by atoms with Gasteiger partial charge in [0.2, 0.25) is 0 Å². The van der Waals surface area contributed by atoms with E-state index in [0.717, 1.165) is 5.56 Å². The van der Waals surface area contributed by atoms with Crippen molar-refractivity contribution in [3.63, 3.8) is 0 Å². The van der Waals surface area contributed by atoms with Crippen molar-refractivity contribution in [3.8, 4) is 17.0 Å². The molecule has 0 aliphatic carbocycles. The standard InChI is InChI=1S/C17H15N3O4S/c1-23-16(22)13-7-11(8-18-13)14-10-25-17(19-14)20-15(21)9-24-12-5-3-2-4-6-12/h2-8,10,18H,9H2,1H3,(H,19,20,21). The van der Waals surface area contributed by atoms with Crippen molar-refractivity contribution in [1.82, 2.24) is 9.97 Å². The number of hydrogen-bond donors (Lipinski definition) is 2. The zero-order valence-electron chi connectivity index (χ0n) is 13.3. The maximum absolute atomic E-state index is 11.9. The van der Waals surface area contributed by atoms with Gasteiger partial charge in [-0.05, 0) is 18.2 Å². The number of aromatic nitrogens is 2. The SMILES string of the molecule is COC(=O)c1cc(-c2csc(NC(=O)COc3ccccc3)n2)c[nH]1. The lowest BCUT2D eigenvalue weighted by Crippen LogP contribution is -2.19. The Hall–Kier alpha value is -3.13. The molecule has 0 atom stereocenters. The number of carbonyl (C=O) groups excluding carboxylic acids is 2. The summed E-state index contributed by atoms with van der Waals surface area (Å²) in [7, 11) is 1.32. The molecule has 7 nitrogen and oxygen atoms in total. The fourth-order valence-corrected chi connectivity index (χ4v) is 2.79. The molecule has 0 fully saturated rings. The van der Waals surface area contributed by atoms with Crippen LogP contribution in [0.15, 0.2) is 48.0 Å². The predicted octanol–water partition coefficient (Wildman–Crippen LogP) is 2.94. The van der Waals surface area contributed by atoms with Crippen molar-refractivity contribution in [2.45, 2.75) is 0 Å². The summed E-state index contributed by atoms with van der Waals surface area (Å²) in [5.41, 5.74) is 1.72. The number of nitrogens with zero attached hydrogens (tertiary/aromatic N) is 1. The van der Waals surface area contributed by atoms with E-state index in [4.69, 9.17) is 4.74 Å². The summed E-state index contributed by atoms with van der Waals surface area (Å²) in [6, 6.07) is 10.7. The summed E-state index contributed by atoms with van der Waals surface area (Å²) in [4.78, 5) is 30.5. The Kier molecular flexibility index (Phi) is 5.10. The molecule has 0 saturated carbocycles. The summed E-state index contributed by atoms with van der Waals surface area (Å²) in [6.45, 7) is -0.102. The first-order valence-corrected chi connectivity index (χ1v) is 8.24. The van der Waals surface area contributed by atoms with Crippen LogP contribution in [0.3, 0.4) is 0 Å². The lowest BCUT2D eigenvalue weighted by atomic mass is 10.2. The second-order valence-corrected chi connectivity index (χ2v) is 5.84. The molecule has 0 radical (unpaired) electrons. The summed E-state index contributed by atoms with van der Waals surface area (Å²) < 4.78 is 10.0. The van der Waals surface area contributed by atoms with E-state index in [-0.39, 0.29) is 12.5 Å². The molecule has 1 aromatic carbocycles. The van der Waals surface area contributed by atoms with Gasteiger partial charge in [-0.15, -0.1) is 11.3 Å². The van der Waals surface area contributed by atoms with Crippen LogP contribution in [-0.2, 0) is 9.53 Å². The topological polar surface area (TPSA) is 93.3 Å². The molecule has 128 valence electrons. The van der Waals surface area contributed by atoms with E-state index in [1.165, 1.54) is 18.4 Å². The van der Waals surface area contributed by atoms with Gasteiger partial charge in [0, 0.05) is 17.1 Å². The van der Waals surface area contributed by atoms with Crippen molar-refractivity contribution in [2.24, 2.45) is 0 Å². The molecule has 8 heteroatoms. The number of H-pyrrole nitrogens is 1. The van der Waals surface area contributed by atoms with Crippen LogP contribution in [0.25, 0.3) is 11.3 Å². The van der Waals surface area contributed by atoms with Gasteiger partial charge in [-0.3, -0.25) is 10.1 Å². The number of para-hydroxylation sites is 1. The highest BCUT2D eigenvalue weighted by Gasteiger charge is 2.13. The van der Waals surface area contributed by atoms with Gasteiger partial charge >= 0.3 is 5.97 Å². The number of anilines is 1. The van der Waals surface area contributed by atoms with E-state index >= 15 is 0 Å². The van der Waals surface area contributed by atoms with E-state index < -0.39 is 5.97 Å². The Bertz CT molecular complexity index is 873. The Morgan fingerprint density at radius 2 is 2.08 bits per heavy atom. The molecule has 3 aromatic rings. The monoisotopic (exact) mass is 357 g/mol. The quantitative estimate of drug-likeness (QED) is 0.662. The average Bonchev–Trinajstić information content (AvgIpc) is 3.29. The summed E-state index contributed by atoms with van der Waals surface area (Å²) in [6.07, 6.45) is 1.66. The second-order valence-electron chi connectivity index (χ2n) is 4.98. The predicted molar refractivity (Wildman–Crippen MR) is 93.8 cm³/mol. The molecule has 2 aromatic heterocycles. The molecular formula is C17H15N3O4S. The van der Waals surface area contributed by atoms with Crippen molar-refractivity contribution in [2.75, 3.05) is 19.0 Å². The van der Waals surface area contributed by atoms with Crippen molar-refractivity contribution in [3.05, 3.63) is 53.7 Å². The van der Waals surface area contributed by atoms with Gasteiger partial charge in [0.25, 0.3) is 5.91 Å². The minimum absolute atomic E-state index is 0.102. The zero-order valence-corrected chi connectivity index (χ0v) is 14.1. The first-order chi connectivity index (χ1) is 12.2. The molecule has 25 heavy (non-hydrogen) atoms. The van der Waals surface area contributed by atoms with E-state index in [1.54, 1.807) is 29.8 Å². The molecule has 0 bridgehead atoms. The zero-order chi connectivity index (χ0) is 17.6. The van der Waals surface area contributed by atoms with Gasteiger partial charge in [0.15, 0.2) is 11.7 Å². The Morgan fingerprint density at radius 3 is 2.84 bits per heavy atom. The third-order valence-corrected chi connectivity index (χ3v) is 4.01. The molecule has 0 unspecified atom stereocenters. The Morgan fingerprint density at radius 1 is 1.28 bits per heavy atom. The molecular weight excluding hydrogens is 342 g/mol. The minimum atomic E-state index is -0.451. The maximum atomic E-state index is 11.9. The molecule has 2 N–H and O–H groups in total. The average molecular weight is 357 g/mol. The highest BCUT2D eigenvalue weighted by Crippen LogP contribution is 2.25. The van der Waals surface area contributed by atoms with Gasteiger partial charge in [-0.25, -0.2) is 9.78 Å². The normalized spacial score (nSPS) is 10.3. The van der Waals surface area contributed by atoms with E-state index in [0.29, 0.717) is 22.3 Å². The highest BCUT2D eigenvalue weighted by atomic mass is 32.1. The van der Waals surface area contributed by atoms with Gasteiger partial charge < -0.3 is 14.5 Å². The number of benzene rings is 1. The number of aromatic amines is 1.